The number of fused-ring (bicyclic) bond motifs is 1. The predicted octanol–water partition coefficient (Wildman–Crippen LogP) is 1.42. The van der Waals surface area contributed by atoms with Crippen LogP contribution in [0.1, 0.15) is 25.8 Å². The van der Waals surface area contributed by atoms with Crippen LogP contribution in [0.25, 0.3) is 0 Å². The van der Waals surface area contributed by atoms with Gasteiger partial charge in [-0.1, -0.05) is 0 Å². The Hall–Kier alpha value is -2.37. The molecular formula is C13H13NO5. The summed E-state index contributed by atoms with van der Waals surface area (Å²) in [4.78, 5) is 33.5. The molecule has 0 aromatic heterocycles. The fourth-order valence-electron chi connectivity index (χ4n) is 1.92. The van der Waals surface area contributed by atoms with E-state index in [-0.39, 0.29) is 11.7 Å². The summed E-state index contributed by atoms with van der Waals surface area (Å²) in [5.74, 6) is -0.465. The third-order valence-electron chi connectivity index (χ3n) is 2.61. The lowest BCUT2D eigenvalue weighted by Gasteiger charge is -2.21. The van der Waals surface area contributed by atoms with Crippen molar-refractivity contribution in [1.29, 1.82) is 0 Å². The Kier molecular flexibility index (Phi) is 3.50. The Bertz CT molecular complexity index is 564. The second kappa shape index (κ2) is 5.09. The highest BCUT2D eigenvalue weighted by atomic mass is 16.5. The molecule has 0 unspecified atom stereocenters. The molecule has 1 heterocycles. The van der Waals surface area contributed by atoms with Gasteiger partial charge >= 0.3 is 11.9 Å². The van der Waals surface area contributed by atoms with Gasteiger partial charge in [-0.3, -0.25) is 14.4 Å². The Morgan fingerprint density at radius 2 is 1.63 bits per heavy atom. The van der Waals surface area contributed by atoms with Gasteiger partial charge in [-0.2, -0.15) is 0 Å². The number of benzene rings is 1. The van der Waals surface area contributed by atoms with E-state index in [0.717, 1.165) is 0 Å². The van der Waals surface area contributed by atoms with Gasteiger partial charge in [0.25, 0.3) is 0 Å². The van der Waals surface area contributed by atoms with E-state index in [9.17, 15) is 14.4 Å². The molecule has 100 valence electrons. The van der Waals surface area contributed by atoms with Crippen LogP contribution in [0, 0.1) is 0 Å². The van der Waals surface area contributed by atoms with Crippen molar-refractivity contribution in [3.05, 3.63) is 17.7 Å². The van der Waals surface area contributed by atoms with Crippen LogP contribution in [-0.4, -0.2) is 17.8 Å². The minimum Gasteiger partial charge on any atom is -0.426 e. The van der Waals surface area contributed by atoms with E-state index in [2.05, 4.69) is 5.32 Å². The number of hydrogen-bond donors (Lipinski definition) is 1. The molecule has 0 radical (unpaired) electrons. The van der Waals surface area contributed by atoms with Gasteiger partial charge in [-0.15, -0.1) is 0 Å². The SMILES string of the molecule is CC(=O)Oc1ccc(OC(C)=O)c2c1CCC(=O)N2. The molecule has 0 fully saturated rings. The Morgan fingerprint density at radius 1 is 1.05 bits per heavy atom. The molecule has 2 rings (SSSR count). The van der Waals surface area contributed by atoms with Gasteiger partial charge in [0.1, 0.15) is 5.75 Å². The van der Waals surface area contributed by atoms with E-state index in [1.807, 2.05) is 0 Å². The molecule has 6 heteroatoms. The summed E-state index contributed by atoms with van der Waals surface area (Å²) in [7, 11) is 0. The van der Waals surface area contributed by atoms with Crippen LogP contribution in [-0.2, 0) is 20.8 Å². The van der Waals surface area contributed by atoms with Gasteiger partial charge < -0.3 is 14.8 Å². The quantitative estimate of drug-likeness (QED) is 0.644. The standard InChI is InChI=1S/C13H13NO5/c1-7(15)18-10-4-5-11(19-8(2)16)13-9(10)3-6-12(17)14-13/h4-5H,3,6H2,1-2H3,(H,14,17). The van der Waals surface area contributed by atoms with Crippen molar-refractivity contribution in [1.82, 2.24) is 0 Å². The molecule has 0 saturated carbocycles. The summed E-state index contributed by atoms with van der Waals surface area (Å²) in [5.41, 5.74) is 1.05. The molecule has 1 amide bonds. The minimum absolute atomic E-state index is 0.166. The van der Waals surface area contributed by atoms with Crippen LogP contribution >= 0.6 is 0 Å². The lowest BCUT2D eigenvalue weighted by molar-refractivity contribution is -0.133. The Balaban J connectivity index is 2.46. The van der Waals surface area contributed by atoms with Crippen LogP contribution in [0.5, 0.6) is 11.5 Å². The Morgan fingerprint density at radius 3 is 2.26 bits per heavy atom. The highest BCUT2D eigenvalue weighted by molar-refractivity contribution is 5.97. The normalized spacial score (nSPS) is 13.3. The average Bonchev–Trinajstić information content (AvgIpc) is 2.31. The molecule has 0 bridgehead atoms. The van der Waals surface area contributed by atoms with Crippen LogP contribution < -0.4 is 14.8 Å². The fraction of sp³-hybridized carbons (Fsp3) is 0.308. The topological polar surface area (TPSA) is 81.7 Å². The van der Waals surface area contributed by atoms with E-state index >= 15 is 0 Å². The smallest absolute Gasteiger partial charge is 0.308 e. The van der Waals surface area contributed by atoms with Crippen molar-refractivity contribution in [3.8, 4) is 11.5 Å². The lowest BCUT2D eigenvalue weighted by Crippen LogP contribution is -2.21. The summed E-state index contributed by atoms with van der Waals surface area (Å²) in [5, 5.41) is 2.64. The second-order valence-corrected chi connectivity index (χ2v) is 4.15. The molecule has 1 aromatic carbocycles. The number of nitrogens with one attached hydrogen (secondary N) is 1. The highest BCUT2D eigenvalue weighted by Gasteiger charge is 2.24. The first-order valence-corrected chi connectivity index (χ1v) is 5.80. The monoisotopic (exact) mass is 263 g/mol. The molecule has 0 atom stereocenters. The first kappa shape index (κ1) is 13.1. The number of ether oxygens (including phenoxy) is 2. The van der Waals surface area contributed by atoms with Gasteiger partial charge in [0.2, 0.25) is 5.91 Å². The van der Waals surface area contributed by atoms with E-state index in [0.29, 0.717) is 29.8 Å². The second-order valence-electron chi connectivity index (χ2n) is 4.15. The van der Waals surface area contributed by atoms with Crippen LogP contribution in [0.3, 0.4) is 0 Å². The van der Waals surface area contributed by atoms with Gasteiger partial charge in [0.15, 0.2) is 5.75 Å². The van der Waals surface area contributed by atoms with Crippen LogP contribution in [0.15, 0.2) is 12.1 Å². The third kappa shape index (κ3) is 2.90. The minimum atomic E-state index is -0.484. The molecule has 0 saturated heterocycles. The summed E-state index contributed by atoms with van der Waals surface area (Å²) in [6.45, 7) is 2.57. The molecule has 1 aliphatic rings. The molecule has 1 N–H and O–H groups in total. The maximum absolute atomic E-state index is 11.4. The van der Waals surface area contributed by atoms with Crippen molar-refractivity contribution in [2.45, 2.75) is 26.7 Å². The van der Waals surface area contributed by atoms with Gasteiger partial charge in [0.05, 0.1) is 5.69 Å². The zero-order chi connectivity index (χ0) is 14.0. The van der Waals surface area contributed by atoms with E-state index < -0.39 is 11.9 Å². The van der Waals surface area contributed by atoms with Gasteiger partial charge in [0, 0.05) is 25.8 Å². The summed E-state index contributed by atoms with van der Waals surface area (Å²) in [6, 6.07) is 3.04. The first-order valence-electron chi connectivity index (χ1n) is 5.80. The van der Waals surface area contributed by atoms with Crippen LogP contribution in [0.4, 0.5) is 5.69 Å². The molecule has 6 nitrogen and oxygen atoms in total. The number of hydrogen-bond acceptors (Lipinski definition) is 5. The molecule has 0 aliphatic carbocycles. The number of carbonyl (C=O) groups excluding carboxylic acids is 3. The van der Waals surface area contributed by atoms with Crippen molar-refractivity contribution in [2.75, 3.05) is 5.32 Å². The maximum Gasteiger partial charge on any atom is 0.308 e. The highest BCUT2D eigenvalue weighted by Crippen LogP contribution is 2.38. The zero-order valence-corrected chi connectivity index (χ0v) is 10.6. The predicted molar refractivity (Wildman–Crippen MR) is 66.0 cm³/mol. The molecule has 1 aromatic rings. The summed E-state index contributed by atoms with van der Waals surface area (Å²) in [6.07, 6.45) is 0.726. The van der Waals surface area contributed by atoms with E-state index in [4.69, 9.17) is 9.47 Å². The number of amides is 1. The summed E-state index contributed by atoms with van der Waals surface area (Å²) >= 11 is 0. The van der Waals surface area contributed by atoms with Gasteiger partial charge in [-0.25, -0.2) is 0 Å². The molecule has 1 aliphatic heterocycles. The lowest BCUT2D eigenvalue weighted by atomic mass is 10.0. The van der Waals surface area contributed by atoms with Crippen molar-refractivity contribution in [2.24, 2.45) is 0 Å². The number of esters is 2. The summed E-state index contributed by atoms with van der Waals surface area (Å²) < 4.78 is 10.1. The van der Waals surface area contributed by atoms with E-state index in [1.54, 1.807) is 6.07 Å². The van der Waals surface area contributed by atoms with Crippen molar-refractivity contribution in [3.63, 3.8) is 0 Å². The fourth-order valence-corrected chi connectivity index (χ4v) is 1.92. The number of rotatable bonds is 2. The number of carbonyl (C=O) groups is 3. The van der Waals surface area contributed by atoms with Crippen LogP contribution in [0.2, 0.25) is 0 Å². The first-order chi connectivity index (χ1) is 8.97. The Labute approximate surface area is 109 Å². The van der Waals surface area contributed by atoms with Crippen molar-refractivity contribution >= 4 is 23.5 Å². The van der Waals surface area contributed by atoms with Crippen molar-refractivity contribution < 1.29 is 23.9 Å². The van der Waals surface area contributed by atoms with Gasteiger partial charge in [-0.05, 0) is 18.6 Å². The third-order valence-corrected chi connectivity index (χ3v) is 2.61. The number of anilines is 1. The maximum atomic E-state index is 11.4. The molecular weight excluding hydrogens is 250 g/mol. The van der Waals surface area contributed by atoms with E-state index in [1.165, 1.54) is 19.9 Å². The molecule has 19 heavy (non-hydrogen) atoms. The average molecular weight is 263 g/mol. The zero-order valence-electron chi connectivity index (χ0n) is 10.6. The largest absolute Gasteiger partial charge is 0.426 e. The molecule has 0 spiro atoms.